The molecular weight excluding hydrogens is 332 g/mol. The van der Waals surface area contributed by atoms with Gasteiger partial charge in [0.1, 0.15) is 0 Å². The van der Waals surface area contributed by atoms with E-state index in [1.165, 1.54) is 62.7 Å². The first-order chi connectivity index (χ1) is 13.2. The van der Waals surface area contributed by atoms with E-state index < -0.39 is 0 Å². The summed E-state index contributed by atoms with van der Waals surface area (Å²) in [4.78, 5) is 15.1. The summed E-state index contributed by atoms with van der Waals surface area (Å²) < 4.78 is 0. The summed E-state index contributed by atoms with van der Waals surface area (Å²) >= 11 is 0. The van der Waals surface area contributed by atoms with Gasteiger partial charge in [0.25, 0.3) is 0 Å². The summed E-state index contributed by atoms with van der Waals surface area (Å²) in [7, 11) is 0. The first-order valence-electron chi connectivity index (χ1n) is 11.3. The number of piperidine rings is 1. The number of amides is 1. The van der Waals surface area contributed by atoms with Crippen LogP contribution in [-0.4, -0.2) is 29.9 Å². The lowest BCUT2D eigenvalue weighted by molar-refractivity contribution is -0.121. The standard InChI is InChI=1S/C24H34N2O/c1-2-5-23(27)25-21-16-24(20-7-4-3-6-19(20)21)10-12-26(13-11-24)22-15-17-8-9-18(22)14-17/h3-4,6-7,17-18,21-22H,2,5,8-16H2,1H3,(H,25,27)/t17-,18-,21+,22-/m1/s1. The molecule has 1 aromatic rings. The van der Waals surface area contributed by atoms with Gasteiger partial charge in [0.2, 0.25) is 5.91 Å². The van der Waals surface area contributed by atoms with E-state index in [9.17, 15) is 4.79 Å². The zero-order valence-corrected chi connectivity index (χ0v) is 16.8. The number of fused-ring (bicyclic) bond motifs is 4. The number of benzene rings is 1. The van der Waals surface area contributed by atoms with Crippen LogP contribution in [0.3, 0.4) is 0 Å². The Morgan fingerprint density at radius 1 is 1.19 bits per heavy atom. The Labute approximate surface area is 163 Å². The van der Waals surface area contributed by atoms with E-state index >= 15 is 0 Å². The Morgan fingerprint density at radius 3 is 2.70 bits per heavy atom. The molecule has 2 bridgehead atoms. The van der Waals surface area contributed by atoms with Crippen LogP contribution in [0.1, 0.15) is 81.9 Å². The monoisotopic (exact) mass is 366 g/mol. The second-order valence-electron chi connectivity index (χ2n) is 9.72. The number of likely N-dealkylation sites (tertiary alicyclic amines) is 1. The largest absolute Gasteiger partial charge is 0.349 e. The Morgan fingerprint density at radius 2 is 2.00 bits per heavy atom. The Hall–Kier alpha value is -1.35. The van der Waals surface area contributed by atoms with E-state index in [4.69, 9.17) is 0 Å². The van der Waals surface area contributed by atoms with Crippen molar-refractivity contribution in [1.82, 2.24) is 10.2 Å². The van der Waals surface area contributed by atoms with E-state index in [0.717, 1.165) is 30.7 Å². The van der Waals surface area contributed by atoms with Gasteiger partial charge in [0.15, 0.2) is 0 Å². The van der Waals surface area contributed by atoms with Crippen LogP contribution in [-0.2, 0) is 10.2 Å². The van der Waals surface area contributed by atoms with Gasteiger partial charge in [-0.15, -0.1) is 0 Å². The van der Waals surface area contributed by atoms with E-state index in [-0.39, 0.29) is 17.4 Å². The minimum absolute atomic E-state index is 0.216. The van der Waals surface area contributed by atoms with E-state index in [1.54, 1.807) is 0 Å². The van der Waals surface area contributed by atoms with Crippen LogP contribution in [0.25, 0.3) is 0 Å². The number of hydrogen-bond acceptors (Lipinski definition) is 2. The summed E-state index contributed by atoms with van der Waals surface area (Å²) in [6.07, 6.45) is 11.1. The van der Waals surface area contributed by atoms with Gasteiger partial charge in [0.05, 0.1) is 6.04 Å². The predicted molar refractivity (Wildman–Crippen MR) is 109 cm³/mol. The van der Waals surface area contributed by atoms with Crippen molar-refractivity contribution in [2.24, 2.45) is 11.8 Å². The summed E-state index contributed by atoms with van der Waals surface area (Å²) in [5.74, 6) is 2.23. The maximum Gasteiger partial charge on any atom is 0.220 e. The molecule has 27 heavy (non-hydrogen) atoms. The van der Waals surface area contributed by atoms with Crippen molar-refractivity contribution < 1.29 is 4.79 Å². The molecule has 0 radical (unpaired) electrons. The van der Waals surface area contributed by atoms with Crippen LogP contribution in [0, 0.1) is 11.8 Å². The lowest BCUT2D eigenvalue weighted by Gasteiger charge is -2.44. The van der Waals surface area contributed by atoms with Crippen LogP contribution in [0.2, 0.25) is 0 Å². The molecule has 1 aliphatic heterocycles. The maximum absolute atomic E-state index is 12.3. The van der Waals surface area contributed by atoms with E-state index in [0.29, 0.717) is 6.42 Å². The van der Waals surface area contributed by atoms with Crippen molar-refractivity contribution in [3.8, 4) is 0 Å². The number of carbonyl (C=O) groups is 1. The van der Waals surface area contributed by atoms with Gasteiger partial charge in [-0.3, -0.25) is 4.79 Å². The Balaban J connectivity index is 1.31. The third-order valence-electron chi connectivity index (χ3n) is 8.24. The molecule has 1 N–H and O–H groups in total. The van der Waals surface area contributed by atoms with Gasteiger partial charge in [0, 0.05) is 17.9 Å². The first kappa shape index (κ1) is 17.7. The normalized spacial score (nSPS) is 34.1. The summed E-state index contributed by atoms with van der Waals surface area (Å²) in [5, 5.41) is 3.34. The molecule has 0 unspecified atom stereocenters. The molecule has 2 saturated carbocycles. The average Bonchev–Trinajstić information content (AvgIpc) is 3.38. The highest BCUT2D eigenvalue weighted by atomic mass is 16.1. The van der Waals surface area contributed by atoms with Gasteiger partial charge in [-0.1, -0.05) is 37.6 Å². The van der Waals surface area contributed by atoms with Gasteiger partial charge in [-0.2, -0.15) is 0 Å². The molecule has 1 heterocycles. The third kappa shape index (κ3) is 3.03. The molecule has 1 saturated heterocycles. The second kappa shape index (κ2) is 6.92. The quantitative estimate of drug-likeness (QED) is 0.846. The SMILES string of the molecule is CCCC(=O)N[C@H]1CC2(CCN([C@@H]3C[C@@H]4CC[C@@H]3C4)CC2)c2ccccc21. The molecule has 146 valence electrons. The van der Waals surface area contributed by atoms with Crippen molar-refractivity contribution in [1.29, 1.82) is 0 Å². The molecule has 3 nitrogen and oxygen atoms in total. The Kier molecular flexibility index (Phi) is 4.54. The fourth-order valence-corrected chi connectivity index (χ4v) is 6.93. The number of hydrogen-bond donors (Lipinski definition) is 1. The average molecular weight is 367 g/mol. The summed E-state index contributed by atoms with van der Waals surface area (Å²) in [5.41, 5.74) is 3.20. The molecule has 1 amide bonds. The predicted octanol–water partition coefficient (Wildman–Crippen LogP) is 4.57. The number of nitrogens with one attached hydrogen (secondary N) is 1. The van der Waals surface area contributed by atoms with E-state index in [2.05, 4.69) is 41.4 Å². The third-order valence-corrected chi connectivity index (χ3v) is 8.24. The topological polar surface area (TPSA) is 32.3 Å². The molecular formula is C24H34N2O. The second-order valence-corrected chi connectivity index (χ2v) is 9.72. The van der Waals surface area contributed by atoms with Gasteiger partial charge >= 0.3 is 0 Å². The maximum atomic E-state index is 12.3. The van der Waals surface area contributed by atoms with Crippen molar-refractivity contribution >= 4 is 5.91 Å². The Bertz CT molecular complexity index is 706. The van der Waals surface area contributed by atoms with Crippen LogP contribution in [0.4, 0.5) is 0 Å². The lowest BCUT2D eigenvalue weighted by atomic mass is 9.73. The molecule has 1 spiro atoms. The van der Waals surface area contributed by atoms with Crippen molar-refractivity contribution in [2.45, 2.75) is 82.2 Å². The fourth-order valence-electron chi connectivity index (χ4n) is 6.93. The molecule has 3 aliphatic carbocycles. The highest BCUT2D eigenvalue weighted by molar-refractivity contribution is 5.76. The van der Waals surface area contributed by atoms with Gasteiger partial charge in [-0.25, -0.2) is 0 Å². The molecule has 3 fully saturated rings. The van der Waals surface area contributed by atoms with Crippen molar-refractivity contribution in [3.63, 3.8) is 0 Å². The number of rotatable bonds is 4. The van der Waals surface area contributed by atoms with Crippen molar-refractivity contribution in [3.05, 3.63) is 35.4 Å². The highest BCUT2D eigenvalue weighted by Crippen LogP contribution is 2.53. The highest BCUT2D eigenvalue weighted by Gasteiger charge is 2.48. The fraction of sp³-hybridized carbons (Fsp3) is 0.708. The first-order valence-corrected chi connectivity index (χ1v) is 11.3. The molecule has 5 rings (SSSR count). The van der Waals surface area contributed by atoms with Crippen molar-refractivity contribution in [2.75, 3.05) is 13.1 Å². The number of carbonyl (C=O) groups excluding carboxylic acids is 1. The molecule has 1 aromatic carbocycles. The zero-order chi connectivity index (χ0) is 18.4. The van der Waals surface area contributed by atoms with Crippen LogP contribution >= 0.6 is 0 Å². The zero-order valence-electron chi connectivity index (χ0n) is 16.8. The minimum atomic E-state index is 0.216. The summed E-state index contributed by atoms with van der Waals surface area (Å²) in [6, 6.07) is 10.0. The van der Waals surface area contributed by atoms with E-state index in [1.807, 2.05) is 0 Å². The lowest BCUT2D eigenvalue weighted by Crippen LogP contribution is -2.48. The van der Waals surface area contributed by atoms with Crippen LogP contribution < -0.4 is 5.32 Å². The molecule has 4 aliphatic rings. The molecule has 0 aromatic heterocycles. The van der Waals surface area contributed by atoms with Crippen LogP contribution in [0.15, 0.2) is 24.3 Å². The number of nitrogens with zero attached hydrogens (tertiary/aromatic N) is 1. The molecule has 3 heteroatoms. The van der Waals surface area contributed by atoms with Gasteiger partial charge < -0.3 is 10.2 Å². The molecule has 4 atom stereocenters. The minimum Gasteiger partial charge on any atom is -0.349 e. The van der Waals surface area contributed by atoms with Gasteiger partial charge in [-0.05, 0) is 81.0 Å². The summed E-state index contributed by atoms with van der Waals surface area (Å²) in [6.45, 7) is 4.57. The van der Waals surface area contributed by atoms with Crippen LogP contribution in [0.5, 0.6) is 0 Å². The smallest absolute Gasteiger partial charge is 0.220 e.